The van der Waals surface area contributed by atoms with Crippen LogP contribution in [0.2, 0.25) is 0 Å². The summed E-state index contributed by atoms with van der Waals surface area (Å²) in [6.07, 6.45) is 5.10. The van der Waals surface area contributed by atoms with E-state index in [-0.39, 0.29) is 0 Å². The number of hydrogen-bond donors (Lipinski definition) is 0. The van der Waals surface area contributed by atoms with Gasteiger partial charge >= 0.3 is 0 Å². The van der Waals surface area contributed by atoms with Crippen molar-refractivity contribution in [2.24, 2.45) is 5.92 Å². The van der Waals surface area contributed by atoms with E-state index in [1.165, 1.54) is 17.7 Å². The van der Waals surface area contributed by atoms with Crippen molar-refractivity contribution in [3.8, 4) is 0 Å². The van der Waals surface area contributed by atoms with Gasteiger partial charge in [0.05, 0.1) is 0 Å². The first-order chi connectivity index (χ1) is 6.70. The largest absolute Gasteiger partial charge is 0.374 e. The first-order valence-corrected chi connectivity index (χ1v) is 5.41. The molecule has 0 aliphatic carbocycles. The lowest BCUT2D eigenvalue weighted by Gasteiger charge is -2.31. The smallest absolute Gasteiger partial charge is 0.0392 e. The highest BCUT2D eigenvalue weighted by molar-refractivity contribution is 5.33. The van der Waals surface area contributed by atoms with E-state index in [1.807, 2.05) is 26.0 Å². The first kappa shape index (κ1) is 13.0. The van der Waals surface area contributed by atoms with Crippen LogP contribution < -0.4 is 0 Å². The molecule has 0 aromatic heterocycles. The maximum absolute atomic E-state index is 3.84. The van der Waals surface area contributed by atoms with Gasteiger partial charge in [0.15, 0.2) is 0 Å². The standard InChI is InChI=1S/C11H17N.C2H6/c1-5-10-9(3)7-8-12(4)11(10)6-2;1-2/h5-6,9H,1-2,7-8H2,3-4H3;1-2H3. The third kappa shape index (κ3) is 2.76. The molecule has 1 unspecified atom stereocenters. The summed E-state index contributed by atoms with van der Waals surface area (Å²) in [6, 6.07) is 0. The second-order valence-corrected chi connectivity index (χ2v) is 3.36. The molecule has 0 fully saturated rings. The number of likely N-dealkylation sites (N-methyl/N-ethyl adjacent to an activating group) is 1. The molecule has 1 rings (SSSR count). The molecule has 0 N–H and O–H groups in total. The summed E-state index contributed by atoms with van der Waals surface area (Å²) in [4.78, 5) is 2.24. The molecular formula is C13H23N. The van der Waals surface area contributed by atoms with Crippen LogP contribution in [-0.4, -0.2) is 18.5 Å². The second kappa shape index (κ2) is 6.47. The predicted molar refractivity (Wildman–Crippen MR) is 65.2 cm³/mol. The monoisotopic (exact) mass is 193 g/mol. The fraction of sp³-hybridized carbons (Fsp3) is 0.538. The maximum Gasteiger partial charge on any atom is 0.0392 e. The summed E-state index contributed by atoms with van der Waals surface area (Å²) in [7, 11) is 2.10. The van der Waals surface area contributed by atoms with Crippen LogP contribution in [0.5, 0.6) is 0 Å². The van der Waals surface area contributed by atoms with E-state index in [1.54, 1.807) is 0 Å². The maximum atomic E-state index is 3.84. The van der Waals surface area contributed by atoms with Crippen molar-refractivity contribution in [3.05, 3.63) is 36.6 Å². The number of hydrogen-bond acceptors (Lipinski definition) is 1. The average molecular weight is 193 g/mol. The lowest BCUT2D eigenvalue weighted by molar-refractivity contribution is 0.356. The Hall–Kier alpha value is -0.980. The fourth-order valence-corrected chi connectivity index (χ4v) is 1.72. The molecule has 0 saturated heterocycles. The van der Waals surface area contributed by atoms with Crippen LogP contribution in [0.1, 0.15) is 27.2 Å². The van der Waals surface area contributed by atoms with Crippen molar-refractivity contribution < 1.29 is 0 Å². The van der Waals surface area contributed by atoms with Gasteiger partial charge in [-0.3, -0.25) is 0 Å². The molecule has 14 heavy (non-hydrogen) atoms. The van der Waals surface area contributed by atoms with Gasteiger partial charge in [-0.15, -0.1) is 0 Å². The minimum Gasteiger partial charge on any atom is -0.374 e. The Balaban J connectivity index is 0.000000791. The highest BCUT2D eigenvalue weighted by atomic mass is 15.1. The Bertz CT molecular complexity index is 201. The summed E-state index contributed by atoms with van der Waals surface area (Å²) in [5.41, 5.74) is 2.57. The lowest BCUT2D eigenvalue weighted by atomic mass is 9.91. The Morgan fingerprint density at radius 3 is 2.21 bits per heavy atom. The van der Waals surface area contributed by atoms with Crippen LogP contribution >= 0.6 is 0 Å². The van der Waals surface area contributed by atoms with Gasteiger partial charge in [0.1, 0.15) is 0 Å². The van der Waals surface area contributed by atoms with Gasteiger partial charge in [0.2, 0.25) is 0 Å². The number of allylic oxidation sites excluding steroid dienone is 3. The van der Waals surface area contributed by atoms with Gasteiger partial charge in [-0.05, 0) is 24.0 Å². The van der Waals surface area contributed by atoms with Crippen molar-refractivity contribution in [3.63, 3.8) is 0 Å². The van der Waals surface area contributed by atoms with Gasteiger partial charge in [0.25, 0.3) is 0 Å². The first-order valence-electron chi connectivity index (χ1n) is 5.41. The molecule has 1 aliphatic rings. The van der Waals surface area contributed by atoms with Crippen LogP contribution in [0.15, 0.2) is 36.6 Å². The zero-order valence-corrected chi connectivity index (χ0v) is 10.0. The van der Waals surface area contributed by atoms with Gasteiger partial charge < -0.3 is 4.90 Å². The van der Waals surface area contributed by atoms with Gasteiger partial charge in [0, 0.05) is 19.3 Å². The van der Waals surface area contributed by atoms with Crippen LogP contribution in [-0.2, 0) is 0 Å². The highest BCUT2D eigenvalue weighted by Gasteiger charge is 2.18. The minimum atomic E-state index is 0.631. The topological polar surface area (TPSA) is 3.24 Å². The van der Waals surface area contributed by atoms with Gasteiger partial charge in [-0.2, -0.15) is 0 Å². The molecule has 1 nitrogen and oxygen atoms in total. The molecular weight excluding hydrogens is 170 g/mol. The van der Waals surface area contributed by atoms with Gasteiger partial charge in [-0.25, -0.2) is 0 Å². The second-order valence-electron chi connectivity index (χ2n) is 3.36. The van der Waals surface area contributed by atoms with E-state index in [0.29, 0.717) is 5.92 Å². The van der Waals surface area contributed by atoms with E-state index in [4.69, 9.17) is 0 Å². The molecule has 0 aromatic rings. The summed E-state index contributed by atoms with van der Waals surface area (Å²) < 4.78 is 0. The lowest BCUT2D eigenvalue weighted by Crippen LogP contribution is -2.27. The predicted octanol–water partition coefficient (Wildman–Crippen LogP) is 3.61. The highest BCUT2D eigenvalue weighted by Crippen LogP contribution is 2.27. The molecule has 1 heteroatoms. The third-order valence-electron chi connectivity index (χ3n) is 2.55. The quantitative estimate of drug-likeness (QED) is 0.647. The molecule has 0 spiro atoms. The van der Waals surface area contributed by atoms with E-state index < -0.39 is 0 Å². The van der Waals surface area contributed by atoms with Crippen molar-refractivity contribution in [2.45, 2.75) is 27.2 Å². The molecule has 1 aliphatic heterocycles. The van der Waals surface area contributed by atoms with Gasteiger partial charge in [-0.1, -0.05) is 40.0 Å². The summed E-state index contributed by atoms with van der Waals surface area (Å²) in [5.74, 6) is 0.631. The molecule has 0 amide bonds. The van der Waals surface area contributed by atoms with E-state index in [9.17, 15) is 0 Å². The Morgan fingerprint density at radius 2 is 1.86 bits per heavy atom. The van der Waals surface area contributed by atoms with E-state index >= 15 is 0 Å². The Kier molecular flexibility index (Phi) is 6.02. The summed E-state index contributed by atoms with van der Waals surface area (Å²) in [5, 5.41) is 0. The summed E-state index contributed by atoms with van der Waals surface area (Å²) >= 11 is 0. The van der Waals surface area contributed by atoms with Crippen LogP contribution in [0.25, 0.3) is 0 Å². The zero-order chi connectivity index (χ0) is 11.1. The molecule has 80 valence electrons. The molecule has 1 atom stereocenters. The third-order valence-corrected chi connectivity index (χ3v) is 2.55. The number of rotatable bonds is 2. The van der Waals surface area contributed by atoms with Crippen LogP contribution in [0, 0.1) is 5.92 Å². The molecule has 0 radical (unpaired) electrons. The fourth-order valence-electron chi connectivity index (χ4n) is 1.72. The van der Waals surface area contributed by atoms with Crippen molar-refractivity contribution in [1.82, 2.24) is 4.90 Å². The molecule has 1 heterocycles. The Morgan fingerprint density at radius 1 is 1.29 bits per heavy atom. The SMILES string of the molecule is C=CC1=C(C=C)N(C)CCC1C.CC. The molecule has 0 saturated carbocycles. The van der Waals surface area contributed by atoms with Crippen LogP contribution in [0.4, 0.5) is 0 Å². The molecule has 0 bridgehead atoms. The number of nitrogens with zero attached hydrogens (tertiary/aromatic N) is 1. The van der Waals surface area contributed by atoms with Crippen LogP contribution in [0.3, 0.4) is 0 Å². The normalized spacial score (nSPS) is 21.1. The Labute approximate surface area is 88.8 Å². The van der Waals surface area contributed by atoms with E-state index in [0.717, 1.165) is 6.54 Å². The van der Waals surface area contributed by atoms with Crippen molar-refractivity contribution >= 4 is 0 Å². The minimum absolute atomic E-state index is 0.631. The zero-order valence-electron chi connectivity index (χ0n) is 10.0. The van der Waals surface area contributed by atoms with Crippen molar-refractivity contribution in [1.29, 1.82) is 0 Å². The van der Waals surface area contributed by atoms with Crippen molar-refractivity contribution in [2.75, 3.05) is 13.6 Å². The molecule has 0 aromatic carbocycles. The average Bonchev–Trinajstić information content (AvgIpc) is 2.24. The summed E-state index contributed by atoms with van der Waals surface area (Å²) in [6.45, 7) is 15.0. The van der Waals surface area contributed by atoms with E-state index in [2.05, 4.69) is 32.0 Å².